The number of aromatic nitrogens is 1. The van der Waals surface area contributed by atoms with E-state index in [-0.39, 0.29) is 17.7 Å². The highest BCUT2D eigenvalue weighted by molar-refractivity contribution is 8.01. The van der Waals surface area contributed by atoms with Crippen LogP contribution in [0, 0.1) is 6.92 Å². The zero-order valence-corrected chi connectivity index (χ0v) is 20.0. The van der Waals surface area contributed by atoms with Gasteiger partial charge >= 0.3 is 6.03 Å². The van der Waals surface area contributed by atoms with Crippen molar-refractivity contribution in [3.63, 3.8) is 0 Å². The summed E-state index contributed by atoms with van der Waals surface area (Å²) in [6, 6.07) is 20.8. The quantitative estimate of drug-likeness (QED) is 0.264. The van der Waals surface area contributed by atoms with E-state index < -0.39 is 0 Å². The van der Waals surface area contributed by atoms with Crippen molar-refractivity contribution in [1.29, 1.82) is 0 Å². The fraction of sp³-hybridized carbons (Fsp3) is 0.160. The summed E-state index contributed by atoms with van der Waals surface area (Å²) in [4.78, 5) is 29.2. The van der Waals surface area contributed by atoms with Gasteiger partial charge in [-0.25, -0.2) is 9.78 Å². The van der Waals surface area contributed by atoms with Crippen LogP contribution in [-0.4, -0.2) is 22.7 Å². The number of carbonyl (C=O) groups is 2. The van der Waals surface area contributed by atoms with E-state index in [1.165, 1.54) is 28.7 Å². The second-order valence-electron chi connectivity index (χ2n) is 7.50. The molecule has 3 aromatic carbocycles. The zero-order chi connectivity index (χ0) is 23.2. The lowest BCUT2D eigenvalue weighted by atomic mass is 10.1. The Morgan fingerprint density at radius 3 is 2.39 bits per heavy atom. The predicted octanol–water partition coefficient (Wildman–Crippen LogP) is 6.54. The number of aryl methyl sites for hydroxylation is 2. The van der Waals surface area contributed by atoms with Gasteiger partial charge < -0.3 is 16.0 Å². The van der Waals surface area contributed by atoms with Crippen LogP contribution in [0.1, 0.15) is 18.1 Å². The number of amides is 3. The molecule has 3 N–H and O–H groups in total. The van der Waals surface area contributed by atoms with Crippen molar-refractivity contribution in [3.8, 4) is 0 Å². The molecule has 0 bridgehead atoms. The van der Waals surface area contributed by atoms with Crippen molar-refractivity contribution >= 4 is 62.3 Å². The molecule has 4 rings (SSSR count). The van der Waals surface area contributed by atoms with E-state index in [1.54, 1.807) is 0 Å². The minimum atomic E-state index is -0.300. The van der Waals surface area contributed by atoms with Crippen LogP contribution in [0.2, 0.25) is 0 Å². The van der Waals surface area contributed by atoms with Crippen LogP contribution < -0.4 is 16.0 Å². The Kier molecular flexibility index (Phi) is 7.26. The molecular weight excluding hydrogens is 452 g/mol. The molecule has 0 spiro atoms. The van der Waals surface area contributed by atoms with Crippen molar-refractivity contribution in [2.24, 2.45) is 0 Å². The molecule has 1 heterocycles. The van der Waals surface area contributed by atoms with Crippen molar-refractivity contribution in [3.05, 3.63) is 77.9 Å². The molecule has 0 fully saturated rings. The van der Waals surface area contributed by atoms with Crippen molar-refractivity contribution in [2.45, 2.75) is 24.6 Å². The molecule has 0 saturated carbocycles. The topological polar surface area (TPSA) is 83.1 Å². The standard InChI is InChI=1S/C25H24N4O2S2/c1-3-17-7-9-18(10-8-17)27-24(31)28-20-11-12-21-22(14-20)33-25(29-21)32-15-23(30)26-19-6-4-5-16(2)13-19/h4-14H,3,15H2,1-2H3,(H,26,30)(H2,27,28,31). The van der Waals surface area contributed by atoms with Gasteiger partial charge in [0, 0.05) is 17.1 Å². The lowest BCUT2D eigenvalue weighted by molar-refractivity contribution is -0.113. The third kappa shape index (κ3) is 6.34. The first-order valence-corrected chi connectivity index (χ1v) is 12.4. The van der Waals surface area contributed by atoms with Gasteiger partial charge in [0.1, 0.15) is 0 Å². The SMILES string of the molecule is CCc1ccc(NC(=O)Nc2ccc3nc(SCC(=O)Nc4cccc(C)c4)sc3c2)cc1. The van der Waals surface area contributed by atoms with Gasteiger partial charge in [-0.3, -0.25) is 4.79 Å². The number of carbonyl (C=O) groups excluding carboxylic acids is 2. The monoisotopic (exact) mass is 476 g/mol. The molecule has 3 amide bonds. The minimum absolute atomic E-state index is 0.0733. The third-order valence-electron chi connectivity index (χ3n) is 4.88. The summed E-state index contributed by atoms with van der Waals surface area (Å²) in [7, 11) is 0. The Hall–Kier alpha value is -3.36. The number of rotatable bonds is 7. The number of hydrogen-bond acceptors (Lipinski definition) is 5. The Labute approximate surface area is 200 Å². The summed E-state index contributed by atoms with van der Waals surface area (Å²) in [5, 5.41) is 8.61. The average Bonchev–Trinajstić information content (AvgIpc) is 3.20. The van der Waals surface area contributed by atoms with Gasteiger partial charge in [0.15, 0.2) is 4.34 Å². The fourth-order valence-corrected chi connectivity index (χ4v) is 5.12. The number of nitrogens with one attached hydrogen (secondary N) is 3. The number of nitrogens with zero attached hydrogens (tertiary/aromatic N) is 1. The number of thioether (sulfide) groups is 1. The fourth-order valence-electron chi connectivity index (χ4n) is 3.21. The van der Waals surface area contributed by atoms with Gasteiger partial charge in [0.25, 0.3) is 0 Å². The van der Waals surface area contributed by atoms with Crippen LogP contribution in [0.15, 0.2) is 71.1 Å². The largest absolute Gasteiger partial charge is 0.325 e. The molecule has 6 nitrogen and oxygen atoms in total. The van der Waals surface area contributed by atoms with Crippen LogP contribution in [0.5, 0.6) is 0 Å². The summed E-state index contributed by atoms with van der Waals surface area (Å²) in [6.45, 7) is 4.08. The first-order chi connectivity index (χ1) is 16.0. The number of urea groups is 1. The maximum absolute atomic E-state index is 12.3. The smallest absolute Gasteiger partial charge is 0.323 e. The maximum atomic E-state index is 12.3. The molecule has 0 atom stereocenters. The molecular formula is C25H24N4O2S2. The first-order valence-electron chi connectivity index (χ1n) is 10.6. The number of fused-ring (bicyclic) bond motifs is 1. The van der Waals surface area contributed by atoms with E-state index in [9.17, 15) is 9.59 Å². The van der Waals surface area contributed by atoms with Crippen LogP contribution in [0.3, 0.4) is 0 Å². The van der Waals surface area contributed by atoms with Gasteiger partial charge in [0.2, 0.25) is 5.91 Å². The molecule has 4 aromatic rings. The Morgan fingerprint density at radius 2 is 1.64 bits per heavy atom. The highest BCUT2D eigenvalue weighted by atomic mass is 32.2. The van der Waals surface area contributed by atoms with E-state index in [1.807, 2.05) is 73.7 Å². The molecule has 1 aromatic heterocycles. The Bertz CT molecular complexity index is 1290. The second-order valence-corrected chi connectivity index (χ2v) is 9.75. The Balaban J connectivity index is 1.33. The average molecular weight is 477 g/mol. The maximum Gasteiger partial charge on any atom is 0.323 e. The highest BCUT2D eigenvalue weighted by Gasteiger charge is 2.10. The van der Waals surface area contributed by atoms with E-state index in [0.29, 0.717) is 5.69 Å². The number of anilines is 3. The minimum Gasteiger partial charge on any atom is -0.325 e. The zero-order valence-electron chi connectivity index (χ0n) is 18.3. The van der Waals surface area contributed by atoms with Gasteiger partial charge in [-0.15, -0.1) is 11.3 Å². The van der Waals surface area contributed by atoms with Crippen LogP contribution in [0.25, 0.3) is 10.2 Å². The van der Waals surface area contributed by atoms with Gasteiger partial charge in [-0.05, 0) is 66.9 Å². The van der Waals surface area contributed by atoms with Crippen LogP contribution >= 0.6 is 23.1 Å². The van der Waals surface area contributed by atoms with Gasteiger partial charge in [-0.2, -0.15) is 0 Å². The molecule has 33 heavy (non-hydrogen) atoms. The molecule has 8 heteroatoms. The highest BCUT2D eigenvalue weighted by Crippen LogP contribution is 2.31. The van der Waals surface area contributed by atoms with Gasteiger partial charge in [-0.1, -0.05) is 43.0 Å². The summed E-state index contributed by atoms with van der Waals surface area (Å²) >= 11 is 2.90. The molecule has 0 radical (unpaired) electrons. The van der Waals surface area contributed by atoms with Crippen LogP contribution in [0.4, 0.5) is 21.9 Å². The van der Waals surface area contributed by atoms with E-state index in [2.05, 4.69) is 27.9 Å². The van der Waals surface area contributed by atoms with Crippen LogP contribution in [-0.2, 0) is 11.2 Å². The number of thiazole rings is 1. The summed E-state index contributed by atoms with van der Waals surface area (Å²) in [5.41, 5.74) is 5.37. The number of benzene rings is 3. The molecule has 0 aliphatic carbocycles. The van der Waals surface area contributed by atoms with E-state index >= 15 is 0 Å². The van der Waals surface area contributed by atoms with Gasteiger partial charge in [0.05, 0.1) is 16.0 Å². The summed E-state index contributed by atoms with van der Waals surface area (Å²) in [5.74, 6) is 0.203. The molecule has 0 unspecified atom stereocenters. The predicted molar refractivity (Wildman–Crippen MR) is 139 cm³/mol. The first kappa shape index (κ1) is 22.8. The molecule has 0 saturated heterocycles. The Morgan fingerprint density at radius 1 is 0.909 bits per heavy atom. The van der Waals surface area contributed by atoms with Crippen molar-refractivity contribution < 1.29 is 9.59 Å². The summed E-state index contributed by atoms with van der Waals surface area (Å²) < 4.78 is 1.75. The number of hydrogen-bond donors (Lipinski definition) is 3. The van der Waals surface area contributed by atoms with Crippen molar-refractivity contribution in [1.82, 2.24) is 4.98 Å². The molecule has 0 aliphatic heterocycles. The molecule has 168 valence electrons. The molecule has 0 aliphatic rings. The lowest BCUT2D eigenvalue weighted by Gasteiger charge is -2.08. The summed E-state index contributed by atoms with van der Waals surface area (Å²) in [6.07, 6.45) is 0.957. The second kappa shape index (κ2) is 10.5. The van der Waals surface area contributed by atoms with Crippen molar-refractivity contribution in [2.75, 3.05) is 21.7 Å². The van der Waals surface area contributed by atoms with E-state index in [0.717, 1.165) is 37.9 Å². The third-order valence-corrected chi connectivity index (χ3v) is 7.04. The normalized spacial score (nSPS) is 10.7. The lowest BCUT2D eigenvalue weighted by Crippen LogP contribution is -2.19. The van der Waals surface area contributed by atoms with E-state index in [4.69, 9.17) is 0 Å².